The number of nitrogens with one attached hydrogen (secondary N) is 2. The zero-order valence-corrected chi connectivity index (χ0v) is 13.4. The second-order valence-electron chi connectivity index (χ2n) is 6.11. The minimum Gasteiger partial charge on any atom is -0.360 e. The molecule has 23 heavy (non-hydrogen) atoms. The summed E-state index contributed by atoms with van der Waals surface area (Å²) in [5.74, 6) is -0.114. The van der Waals surface area contributed by atoms with Gasteiger partial charge in [0.25, 0.3) is 5.91 Å². The van der Waals surface area contributed by atoms with E-state index in [1.807, 2.05) is 13.0 Å². The molecule has 2 N–H and O–H groups in total. The standard InChI is InChI=1S/C18H21N3O2/c1-12(13-5-7-21(2)8-6-13)20-18(23)14-3-4-17-16(9-14)15(11-22)10-19-17/h3-5,9-12,19H,6-8H2,1-2H3,(H,20,23)/t12-/m1/s1. The van der Waals surface area contributed by atoms with Crippen LogP contribution in [-0.2, 0) is 0 Å². The van der Waals surface area contributed by atoms with Crippen LogP contribution in [0, 0.1) is 0 Å². The van der Waals surface area contributed by atoms with Gasteiger partial charge >= 0.3 is 0 Å². The van der Waals surface area contributed by atoms with Crippen LogP contribution in [0.3, 0.4) is 0 Å². The van der Waals surface area contributed by atoms with Crippen molar-refractivity contribution in [3.63, 3.8) is 0 Å². The lowest BCUT2D eigenvalue weighted by Gasteiger charge is -2.26. The van der Waals surface area contributed by atoms with Crippen molar-refractivity contribution in [1.29, 1.82) is 0 Å². The topological polar surface area (TPSA) is 65.2 Å². The van der Waals surface area contributed by atoms with E-state index in [0.717, 1.165) is 36.7 Å². The van der Waals surface area contributed by atoms with Crippen LogP contribution in [0.5, 0.6) is 0 Å². The zero-order valence-electron chi connectivity index (χ0n) is 13.4. The monoisotopic (exact) mass is 311 g/mol. The van der Waals surface area contributed by atoms with Crippen LogP contribution in [0.1, 0.15) is 34.1 Å². The van der Waals surface area contributed by atoms with E-state index < -0.39 is 0 Å². The third-order valence-electron chi connectivity index (χ3n) is 4.45. The molecule has 0 saturated heterocycles. The number of fused-ring (bicyclic) bond motifs is 1. The Hall–Kier alpha value is -2.40. The van der Waals surface area contributed by atoms with Gasteiger partial charge < -0.3 is 15.2 Å². The molecule has 1 amide bonds. The largest absolute Gasteiger partial charge is 0.360 e. The Kier molecular flexibility index (Phi) is 4.30. The second kappa shape index (κ2) is 6.38. The average Bonchev–Trinajstić information content (AvgIpc) is 2.97. The fourth-order valence-electron chi connectivity index (χ4n) is 2.93. The Morgan fingerprint density at radius 1 is 1.43 bits per heavy atom. The third kappa shape index (κ3) is 3.19. The predicted octanol–water partition coefficient (Wildman–Crippen LogP) is 2.36. The van der Waals surface area contributed by atoms with Crippen molar-refractivity contribution in [1.82, 2.24) is 15.2 Å². The van der Waals surface area contributed by atoms with Crippen LogP contribution in [0.15, 0.2) is 36.0 Å². The molecule has 3 rings (SSSR count). The van der Waals surface area contributed by atoms with Crippen molar-refractivity contribution in [2.75, 3.05) is 20.1 Å². The first kappa shape index (κ1) is 15.5. The number of hydrogen-bond acceptors (Lipinski definition) is 3. The van der Waals surface area contributed by atoms with Crippen LogP contribution in [0.25, 0.3) is 10.9 Å². The molecule has 1 aromatic carbocycles. The van der Waals surface area contributed by atoms with E-state index in [1.165, 1.54) is 5.57 Å². The van der Waals surface area contributed by atoms with Gasteiger partial charge in [-0.15, -0.1) is 0 Å². The lowest BCUT2D eigenvalue weighted by molar-refractivity contribution is 0.0944. The highest BCUT2D eigenvalue weighted by Gasteiger charge is 2.17. The van der Waals surface area contributed by atoms with Crippen molar-refractivity contribution in [3.8, 4) is 0 Å². The number of aldehydes is 1. The van der Waals surface area contributed by atoms with E-state index in [0.29, 0.717) is 11.1 Å². The predicted molar refractivity (Wildman–Crippen MR) is 90.8 cm³/mol. The molecular formula is C18H21N3O2. The van der Waals surface area contributed by atoms with Crippen molar-refractivity contribution in [2.24, 2.45) is 0 Å². The smallest absolute Gasteiger partial charge is 0.251 e. The van der Waals surface area contributed by atoms with Crippen molar-refractivity contribution < 1.29 is 9.59 Å². The van der Waals surface area contributed by atoms with Crippen LogP contribution in [0.4, 0.5) is 0 Å². The van der Waals surface area contributed by atoms with Gasteiger partial charge in [-0.05, 0) is 44.2 Å². The number of likely N-dealkylation sites (N-methyl/N-ethyl adjacent to an activating group) is 1. The number of benzene rings is 1. The van der Waals surface area contributed by atoms with Crippen molar-refractivity contribution in [3.05, 3.63) is 47.2 Å². The fourth-order valence-corrected chi connectivity index (χ4v) is 2.93. The zero-order chi connectivity index (χ0) is 16.4. The maximum atomic E-state index is 12.5. The molecule has 0 aliphatic carbocycles. The third-order valence-corrected chi connectivity index (χ3v) is 4.45. The van der Waals surface area contributed by atoms with Gasteiger partial charge in [0.1, 0.15) is 0 Å². The van der Waals surface area contributed by atoms with Gasteiger partial charge in [-0.25, -0.2) is 0 Å². The summed E-state index contributed by atoms with van der Waals surface area (Å²) in [6.45, 7) is 3.96. The van der Waals surface area contributed by atoms with E-state index in [4.69, 9.17) is 0 Å². The van der Waals surface area contributed by atoms with Crippen LogP contribution in [0.2, 0.25) is 0 Å². The number of rotatable bonds is 4. The molecule has 0 unspecified atom stereocenters. The number of aromatic amines is 1. The maximum absolute atomic E-state index is 12.5. The Balaban J connectivity index is 1.76. The number of H-pyrrole nitrogens is 1. The molecular weight excluding hydrogens is 290 g/mol. The summed E-state index contributed by atoms with van der Waals surface area (Å²) in [4.78, 5) is 28.8. The normalized spacial score (nSPS) is 16.9. The molecule has 2 heterocycles. The Bertz CT molecular complexity index is 776. The van der Waals surface area contributed by atoms with Gasteiger partial charge in [0.15, 0.2) is 6.29 Å². The molecule has 1 aromatic heterocycles. The lowest BCUT2D eigenvalue weighted by Crippen LogP contribution is -2.37. The summed E-state index contributed by atoms with van der Waals surface area (Å²) in [6, 6.07) is 5.39. The van der Waals surface area contributed by atoms with Crippen LogP contribution in [-0.4, -0.2) is 48.3 Å². The molecule has 1 aliphatic heterocycles. The number of aromatic nitrogens is 1. The van der Waals surface area contributed by atoms with Gasteiger partial charge in [-0.1, -0.05) is 6.08 Å². The molecule has 5 nitrogen and oxygen atoms in total. The molecule has 5 heteroatoms. The van der Waals surface area contributed by atoms with Crippen molar-refractivity contribution in [2.45, 2.75) is 19.4 Å². The molecule has 0 bridgehead atoms. The van der Waals surface area contributed by atoms with E-state index >= 15 is 0 Å². The number of hydrogen-bond donors (Lipinski definition) is 2. The van der Waals surface area contributed by atoms with E-state index in [2.05, 4.69) is 28.3 Å². The highest BCUT2D eigenvalue weighted by molar-refractivity contribution is 6.03. The van der Waals surface area contributed by atoms with Gasteiger partial charge in [0.05, 0.1) is 0 Å². The summed E-state index contributed by atoms with van der Waals surface area (Å²) in [7, 11) is 2.09. The highest BCUT2D eigenvalue weighted by atomic mass is 16.1. The Morgan fingerprint density at radius 2 is 2.26 bits per heavy atom. The summed E-state index contributed by atoms with van der Waals surface area (Å²) in [6.07, 6.45) is 5.62. The Morgan fingerprint density at radius 3 is 2.96 bits per heavy atom. The summed E-state index contributed by atoms with van der Waals surface area (Å²) in [5, 5.41) is 3.83. The molecule has 120 valence electrons. The van der Waals surface area contributed by atoms with E-state index in [1.54, 1.807) is 18.3 Å². The molecule has 0 fully saturated rings. The number of carbonyl (C=O) groups is 2. The molecule has 0 saturated carbocycles. The summed E-state index contributed by atoms with van der Waals surface area (Å²) >= 11 is 0. The van der Waals surface area contributed by atoms with Gasteiger partial charge in [0.2, 0.25) is 0 Å². The van der Waals surface area contributed by atoms with Crippen LogP contribution < -0.4 is 5.32 Å². The number of nitrogens with zero attached hydrogens (tertiary/aromatic N) is 1. The van der Waals surface area contributed by atoms with E-state index in [-0.39, 0.29) is 11.9 Å². The van der Waals surface area contributed by atoms with Gasteiger partial charge in [-0.2, -0.15) is 0 Å². The SMILES string of the molecule is C[C@@H](NC(=O)c1ccc2[nH]cc(C=O)c2c1)C1=CCN(C)CC1. The summed E-state index contributed by atoms with van der Waals surface area (Å²) < 4.78 is 0. The average molecular weight is 311 g/mol. The second-order valence-corrected chi connectivity index (χ2v) is 6.11. The first-order chi connectivity index (χ1) is 11.1. The lowest BCUT2D eigenvalue weighted by atomic mass is 10.0. The summed E-state index contributed by atoms with van der Waals surface area (Å²) in [5.41, 5.74) is 3.27. The molecule has 0 spiro atoms. The minimum atomic E-state index is -0.114. The van der Waals surface area contributed by atoms with Crippen LogP contribution >= 0.6 is 0 Å². The molecule has 1 atom stereocenters. The fraction of sp³-hybridized carbons (Fsp3) is 0.333. The molecule has 2 aromatic rings. The van der Waals surface area contributed by atoms with Gasteiger partial charge in [0, 0.05) is 47.4 Å². The van der Waals surface area contributed by atoms with Crippen molar-refractivity contribution >= 4 is 23.1 Å². The Labute approximate surface area is 135 Å². The van der Waals surface area contributed by atoms with E-state index in [9.17, 15) is 9.59 Å². The highest BCUT2D eigenvalue weighted by Crippen LogP contribution is 2.19. The van der Waals surface area contributed by atoms with Gasteiger partial charge in [-0.3, -0.25) is 9.59 Å². The number of amides is 1. The molecule has 1 aliphatic rings. The molecule has 0 radical (unpaired) electrons. The number of carbonyl (C=O) groups excluding carboxylic acids is 2. The first-order valence-electron chi connectivity index (χ1n) is 7.83. The maximum Gasteiger partial charge on any atom is 0.251 e. The quantitative estimate of drug-likeness (QED) is 0.673. The first-order valence-corrected chi connectivity index (χ1v) is 7.83. The minimum absolute atomic E-state index is 0.0173.